The fourth-order valence-electron chi connectivity index (χ4n) is 3.38. The van der Waals surface area contributed by atoms with E-state index in [9.17, 15) is 9.90 Å². The number of esters is 1. The lowest BCUT2D eigenvalue weighted by molar-refractivity contribution is -0.149. The van der Waals surface area contributed by atoms with Gasteiger partial charge in [-0.2, -0.15) is 0 Å². The molecular weight excluding hydrogens is 431 g/mol. The van der Waals surface area contributed by atoms with E-state index in [0.717, 1.165) is 16.4 Å². The zero-order chi connectivity index (χ0) is 18.8. The van der Waals surface area contributed by atoms with Gasteiger partial charge in [0.15, 0.2) is 11.5 Å². The first-order chi connectivity index (χ1) is 11.6. The number of carbonyl (C=O) groups excluding carboxylic acids is 1. The molecule has 1 N–H and O–H groups in total. The van der Waals surface area contributed by atoms with Gasteiger partial charge in [0.25, 0.3) is 0 Å². The van der Waals surface area contributed by atoms with Crippen molar-refractivity contribution in [3.63, 3.8) is 0 Å². The van der Waals surface area contributed by atoms with Crippen molar-refractivity contribution in [3.8, 4) is 11.5 Å². The van der Waals surface area contributed by atoms with Gasteiger partial charge in [0.2, 0.25) is 0 Å². The van der Waals surface area contributed by atoms with Gasteiger partial charge in [-0.05, 0) is 41.5 Å². The van der Waals surface area contributed by atoms with Crippen LogP contribution in [0.2, 0.25) is 0 Å². The van der Waals surface area contributed by atoms with E-state index in [4.69, 9.17) is 9.47 Å². The molecule has 0 radical (unpaired) electrons. The Morgan fingerprint density at radius 3 is 2.56 bits per heavy atom. The monoisotopic (exact) mass is 458 g/mol. The first kappa shape index (κ1) is 20.1. The molecule has 25 heavy (non-hydrogen) atoms. The lowest BCUT2D eigenvalue weighted by Gasteiger charge is -2.40. The van der Waals surface area contributed by atoms with Gasteiger partial charge >= 0.3 is 5.97 Å². The minimum atomic E-state index is -0.338. The van der Waals surface area contributed by atoms with Crippen molar-refractivity contribution in [1.82, 2.24) is 0 Å². The van der Waals surface area contributed by atoms with E-state index in [0.29, 0.717) is 11.7 Å². The Hall–Kier alpha value is -1.24. The second-order valence-electron chi connectivity index (χ2n) is 7.72. The third kappa shape index (κ3) is 3.96. The first-order valence-electron chi connectivity index (χ1n) is 8.45. The number of hydrogen-bond donors (Lipinski definition) is 1. The van der Waals surface area contributed by atoms with E-state index < -0.39 is 0 Å². The molecule has 138 valence electrons. The summed E-state index contributed by atoms with van der Waals surface area (Å²) in [5.74, 6) is 0.641. The lowest BCUT2D eigenvalue weighted by atomic mass is 9.67. The molecule has 0 saturated heterocycles. The van der Waals surface area contributed by atoms with Crippen LogP contribution in [0.1, 0.15) is 39.7 Å². The Morgan fingerprint density at radius 2 is 2.00 bits per heavy atom. The van der Waals surface area contributed by atoms with Crippen LogP contribution in [0, 0.1) is 16.7 Å². The van der Waals surface area contributed by atoms with E-state index >= 15 is 0 Å². The number of hydrogen-bond acceptors (Lipinski definition) is 4. The van der Waals surface area contributed by atoms with Crippen molar-refractivity contribution in [1.29, 1.82) is 0 Å². The molecule has 1 aromatic carbocycles. The highest BCUT2D eigenvalue weighted by atomic mass is 127. The predicted molar refractivity (Wildman–Crippen MR) is 108 cm³/mol. The Labute approximate surface area is 163 Å². The molecule has 0 unspecified atom stereocenters. The lowest BCUT2D eigenvalue weighted by Crippen LogP contribution is -2.39. The maximum atomic E-state index is 12.3. The third-order valence-corrected chi connectivity index (χ3v) is 7.11. The average molecular weight is 458 g/mol. The van der Waals surface area contributed by atoms with E-state index in [1.54, 1.807) is 18.2 Å². The summed E-state index contributed by atoms with van der Waals surface area (Å²) in [5, 5.41) is 9.62. The van der Waals surface area contributed by atoms with Crippen molar-refractivity contribution in [3.05, 3.63) is 29.8 Å². The fourth-order valence-corrected chi connectivity index (χ4v) is 4.84. The second-order valence-corrected chi connectivity index (χ2v) is 8.60. The first-order valence-corrected chi connectivity index (χ1v) is 9.97. The summed E-state index contributed by atoms with van der Waals surface area (Å²) in [6.07, 6.45) is 3.92. The number of halogens is 1. The maximum absolute atomic E-state index is 12.3. The summed E-state index contributed by atoms with van der Waals surface area (Å²) in [4.78, 5) is 12.3. The van der Waals surface area contributed by atoms with Crippen molar-refractivity contribution in [2.45, 2.75) is 40.2 Å². The van der Waals surface area contributed by atoms with Crippen LogP contribution in [0.15, 0.2) is 24.3 Å². The molecule has 5 heteroatoms. The Morgan fingerprint density at radius 1 is 1.32 bits per heavy atom. The van der Waals surface area contributed by atoms with Crippen LogP contribution in [0.25, 0.3) is 6.08 Å². The second kappa shape index (κ2) is 7.56. The molecular formula is C20H27IO4. The van der Waals surface area contributed by atoms with Crippen LogP contribution >= 0.6 is 22.6 Å². The number of rotatable bonds is 5. The average Bonchev–Trinajstić information content (AvgIpc) is 2.73. The molecule has 2 rings (SSSR count). The predicted octanol–water partition coefficient (Wildman–Crippen LogP) is 4.83. The molecule has 0 bridgehead atoms. The number of aromatic hydroxyl groups is 1. The maximum Gasteiger partial charge on any atom is 0.331 e. The fraction of sp³-hybridized carbons (Fsp3) is 0.550. The minimum absolute atomic E-state index is 0.0713. The number of alkyl halides is 1. The summed E-state index contributed by atoms with van der Waals surface area (Å²) >= 11 is 2.42. The van der Waals surface area contributed by atoms with E-state index in [2.05, 4.69) is 50.3 Å². The molecule has 2 atom stereocenters. The quantitative estimate of drug-likeness (QED) is 0.297. The summed E-state index contributed by atoms with van der Waals surface area (Å²) in [5.41, 5.74) is 0.809. The molecule has 0 amide bonds. The third-order valence-electron chi connectivity index (χ3n) is 6.05. The zero-order valence-corrected chi connectivity index (χ0v) is 17.7. The van der Waals surface area contributed by atoms with Crippen molar-refractivity contribution in [2.75, 3.05) is 11.5 Å². The van der Waals surface area contributed by atoms with Gasteiger partial charge < -0.3 is 14.6 Å². The van der Waals surface area contributed by atoms with Gasteiger partial charge in [0.1, 0.15) is 6.10 Å². The van der Waals surface area contributed by atoms with Gasteiger partial charge in [-0.15, -0.1) is 0 Å². The van der Waals surface area contributed by atoms with Crippen molar-refractivity contribution < 1.29 is 19.4 Å². The summed E-state index contributed by atoms with van der Waals surface area (Å²) in [6.45, 7) is 8.91. The molecule has 1 saturated carbocycles. The van der Waals surface area contributed by atoms with Crippen molar-refractivity contribution >= 4 is 34.6 Å². The van der Waals surface area contributed by atoms with Crippen LogP contribution in [-0.2, 0) is 9.53 Å². The van der Waals surface area contributed by atoms with Crippen LogP contribution in [0.5, 0.6) is 11.5 Å². The number of benzene rings is 1. The van der Waals surface area contributed by atoms with E-state index in [1.807, 2.05) is 0 Å². The molecule has 1 aliphatic rings. The van der Waals surface area contributed by atoms with Gasteiger partial charge in [0.05, 0.1) is 7.11 Å². The SMILES string of the molecule is COc1cc(/C=C/C(=O)O[C@H]2C[C@@H](CI)C(C)(C)C2(C)C)ccc1O. The van der Waals surface area contributed by atoms with Gasteiger partial charge in [-0.1, -0.05) is 56.4 Å². The smallest absolute Gasteiger partial charge is 0.331 e. The molecule has 0 aromatic heterocycles. The molecule has 1 fully saturated rings. The number of ether oxygens (including phenoxy) is 2. The molecule has 0 aliphatic heterocycles. The summed E-state index contributed by atoms with van der Waals surface area (Å²) in [6, 6.07) is 4.93. The van der Waals surface area contributed by atoms with E-state index in [1.165, 1.54) is 19.3 Å². The normalized spacial score (nSPS) is 24.4. The molecule has 1 aromatic rings. The molecule has 4 nitrogen and oxygen atoms in total. The molecule has 0 heterocycles. The van der Waals surface area contributed by atoms with Crippen LogP contribution in [-0.4, -0.2) is 28.7 Å². The Kier molecular flexibility index (Phi) is 6.07. The topological polar surface area (TPSA) is 55.8 Å². The number of methoxy groups -OCH3 is 1. The summed E-state index contributed by atoms with van der Waals surface area (Å²) < 4.78 is 11.9. The minimum Gasteiger partial charge on any atom is -0.504 e. The number of carbonyl (C=O) groups is 1. The van der Waals surface area contributed by atoms with Gasteiger partial charge in [0, 0.05) is 15.9 Å². The number of phenols is 1. The Bertz CT molecular complexity index is 664. The highest BCUT2D eigenvalue weighted by molar-refractivity contribution is 14.1. The highest BCUT2D eigenvalue weighted by Gasteiger charge is 2.55. The molecule has 0 spiro atoms. The number of phenolic OH excluding ortho intramolecular Hbond substituents is 1. The van der Waals surface area contributed by atoms with Gasteiger partial charge in [-0.3, -0.25) is 0 Å². The summed E-state index contributed by atoms with van der Waals surface area (Å²) in [7, 11) is 1.49. The van der Waals surface area contributed by atoms with E-state index in [-0.39, 0.29) is 28.7 Å². The largest absolute Gasteiger partial charge is 0.504 e. The van der Waals surface area contributed by atoms with Gasteiger partial charge in [-0.25, -0.2) is 4.79 Å². The van der Waals surface area contributed by atoms with Crippen LogP contribution < -0.4 is 4.74 Å². The van der Waals surface area contributed by atoms with Crippen LogP contribution in [0.4, 0.5) is 0 Å². The molecule has 1 aliphatic carbocycles. The standard InChI is InChI=1S/C20H27IO4/c1-19(2)14(12-21)11-17(20(19,3)4)25-18(23)9-7-13-6-8-15(22)16(10-13)24-5/h6-10,14,17,22H,11-12H2,1-5H3/b9-7+/t14-,17-/m0/s1. The zero-order valence-electron chi connectivity index (χ0n) is 15.5. The Balaban J connectivity index is 2.08. The highest BCUT2D eigenvalue weighted by Crippen LogP contribution is 2.57. The van der Waals surface area contributed by atoms with Crippen molar-refractivity contribution in [2.24, 2.45) is 16.7 Å². The van der Waals surface area contributed by atoms with Crippen LogP contribution in [0.3, 0.4) is 0 Å².